The summed E-state index contributed by atoms with van der Waals surface area (Å²) in [5.74, 6) is 0.845. The molecule has 0 saturated heterocycles. The summed E-state index contributed by atoms with van der Waals surface area (Å²) in [7, 11) is 0. The largest absolute Gasteiger partial charge is 0.494 e. The molecule has 0 amide bonds. The number of nitrogens with two attached hydrogens (primary N) is 2. The fraction of sp³-hybridized carbons (Fsp3) is 0.333. The Morgan fingerprint density at radius 3 is 2.42 bits per heavy atom. The lowest BCUT2D eigenvalue weighted by Gasteiger charge is -2.04. The van der Waals surface area contributed by atoms with E-state index in [9.17, 15) is 0 Å². The zero-order valence-corrected chi connectivity index (χ0v) is 6.99. The molecule has 66 valence electrons. The molecule has 0 unspecified atom stereocenters. The Hall–Kier alpha value is -1.22. The molecule has 0 fully saturated rings. The van der Waals surface area contributed by atoms with Crippen LogP contribution in [0.25, 0.3) is 0 Å². The maximum atomic E-state index is 5.51. The fourth-order valence-corrected chi connectivity index (χ4v) is 0.837. The lowest BCUT2D eigenvalue weighted by molar-refractivity contribution is 0.313. The van der Waals surface area contributed by atoms with Crippen LogP contribution in [0.15, 0.2) is 24.3 Å². The first-order chi connectivity index (χ1) is 5.83. The van der Waals surface area contributed by atoms with Crippen LogP contribution in [0.3, 0.4) is 0 Å². The highest BCUT2D eigenvalue weighted by atomic mass is 16.5. The van der Waals surface area contributed by atoms with Crippen LogP contribution < -0.4 is 16.2 Å². The van der Waals surface area contributed by atoms with Gasteiger partial charge in [-0.1, -0.05) is 0 Å². The predicted octanol–water partition coefficient (Wildman–Crippen LogP) is 0.996. The zero-order valence-electron chi connectivity index (χ0n) is 6.99. The quantitative estimate of drug-likeness (QED) is 0.518. The number of ether oxygens (including phenoxy) is 1. The molecule has 0 aliphatic carbocycles. The molecule has 0 aliphatic heterocycles. The van der Waals surface area contributed by atoms with Gasteiger partial charge in [0.25, 0.3) is 0 Å². The number of anilines is 1. The molecule has 1 aromatic rings. The molecular formula is C9H14N2O. The van der Waals surface area contributed by atoms with Crippen molar-refractivity contribution in [1.82, 2.24) is 0 Å². The number of hydrogen-bond donors (Lipinski definition) is 2. The van der Waals surface area contributed by atoms with E-state index in [0.717, 1.165) is 17.9 Å². The van der Waals surface area contributed by atoms with Gasteiger partial charge in [-0.15, -0.1) is 0 Å². The van der Waals surface area contributed by atoms with Crippen molar-refractivity contribution in [3.05, 3.63) is 24.3 Å². The van der Waals surface area contributed by atoms with Crippen molar-refractivity contribution in [2.45, 2.75) is 6.42 Å². The van der Waals surface area contributed by atoms with Crippen LogP contribution >= 0.6 is 0 Å². The van der Waals surface area contributed by atoms with E-state index in [0.29, 0.717) is 13.2 Å². The Morgan fingerprint density at radius 2 is 1.83 bits per heavy atom. The second kappa shape index (κ2) is 4.62. The minimum atomic E-state index is 0.662. The van der Waals surface area contributed by atoms with E-state index in [4.69, 9.17) is 16.2 Å². The van der Waals surface area contributed by atoms with Gasteiger partial charge < -0.3 is 16.2 Å². The summed E-state index contributed by atoms with van der Waals surface area (Å²) in [5, 5.41) is 0. The molecule has 0 aliphatic rings. The van der Waals surface area contributed by atoms with E-state index >= 15 is 0 Å². The molecule has 3 heteroatoms. The smallest absolute Gasteiger partial charge is 0.119 e. The lowest BCUT2D eigenvalue weighted by Crippen LogP contribution is -2.05. The third-order valence-electron chi connectivity index (χ3n) is 1.50. The molecule has 12 heavy (non-hydrogen) atoms. The van der Waals surface area contributed by atoms with Crippen molar-refractivity contribution in [2.75, 3.05) is 18.9 Å². The molecule has 0 bridgehead atoms. The number of rotatable bonds is 4. The summed E-state index contributed by atoms with van der Waals surface area (Å²) in [6.45, 7) is 1.33. The van der Waals surface area contributed by atoms with Gasteiger partial charge in [-0.05, 0) is 37.2 Å². The third-order valence-corrected chi connectivity index (χ3v) is 1.50. The van der Waals surface area contributed by atoms with Crippen LogP contribution in [0.5, 0.6) is 5.75 Å². The summed E-state index contributed by atoms with van der Waals surface area (Å²) in [5.41, 5.74) is 11.6. The first-order valence-electron chi connectivity index (χ1n) is 4.01. The lowest BCUT2D eigenvalue weighted by atomic mass is 10.3. The summed E-state index contributed by atoms with van der Waals surface area (Å²) in [6.07, 6.45) is 0.879. The predicted molar refractivity (Wildman–Crippen MR) is 50.0 cm³/mol. The molecule has 3 nitrogen and oxygen atoms in total. The van der Waals surface area contributed by atoms with Crippen LogP contribution in [0.2, 0.25) is 0 Å². The van der Waals surface area contributed by atoms with Gasteiger partial charge in [0.2, 0.25) is 0 Å². The van der Waals surface area contributed by atoms with Crippen molar-refractivity contribution in [3.63, 3.8) is 0 Å². The summed E-state index contributed by atoms with van der Waals surface area (Å²) in [4.78, 5) is 0. The van der Waals surface area contributed by atoms with E-state index < -0.39 is 0 Å². The average Bonchev–Trinajstić information content (AvgIpc) is 2.09. The highest BCUT2D eigenvalue weighted by Crippen LogP contribution is 2.12. The Balaban J connectivity index is 2.37. The maximum absolute atomic E-state index is 5.51. The highest BCUT2D eigenvalue weighted by Gasteiger charge is 1.91. The second-order valence-electron chi connectivity index (χ2n) is 2.56. The minimum Gasteiger partial charge on any atom is -0.494 e. The van der Waals surface area contributed by atoms with Crippen LogP contribution in [-0.2, 0) is 0 Å². The Labute approximate surface area is 72.3 Å². The number of nitrogen functional groups attached to an aromatic ring is 1. The SMILES string of the molecule is NCCCOc1ccc(N)cc1. The summed E-state index contributed by atoms with van der Waals surface area (Å²) < 4.78 is 5.37. The summed E-state index contributed by atoms with van der Waals surface area (Å²) in [6, 6.07) is 7.34. The van der Waals surface area contributed by atoms with Crippen molar-refractivity contribution in [2.24, 2.45) is 5.73 Å². The van der Waals surface area contributed by atoms with Crippen LogP contribution in [0.1, 0.15) is 6.42 Å². The number of hydrogen-bond acceptors (Lipinski definition) is 3. The second-order valence-corrected chi connectivity index (χ2v) is 2.56. The van der Waals surface area contributed by atoms with Gasteiger partial charge in [-0.25, -0.2) is 0 Å². The van der Waals surface area contributed by atoms with E-state index in [2.05, 4.69) is 0 Å². The van der Waals surface area contributed by atoms with Crippen LogP contribution in [0, 0.1) is 0 Å². The fourth-order valence-electron chi connectivity index (χ4n) is 0.837. The van der Waals surface area contributed by atoms with Gasteiger partial charge in [0, 0.05) is 5.69 Å². The monoisotopic (exact) mass is 166 g/mol. The molecule has 0 spiro atoms. The van der Waals surface area contributed by atoms with Crippen LogP contribution in [-0.4, -0.2) is 13.2 Å². The van der Waals surface area contributed by atoms with Gasteiger partial charge in [-0.2, -0.15) is 0 Å². The Morgan fingerprint density at radius 1 is 1.17 bits per heavy atom. The normalized spacial score (nSPS) is 9.75. The molecule has 1 rings (SSSR count). The maximum Gasteiger partial charge on any atom is 0.119 e. The topological polar surface area (TPSA) is 61.3 Å². The van der Waals surface area contributed by atoms with Gasteiger partial charge in [-0.3, -0.25) is 0 Å². The van der Waals surface area contributed by atoms with E-state index in [-0.39, 0.29) is 0 Å². The molecule has 4 N–H and O–H groups in total. The van der Waals surface area contributed by atoms with E-state index in [1.165, 1.54) is 0 Å². The van der Waals surface area contributed by atoms with Crippen molar-refractivity contribution < 1.29 is 4.74 Å². The Bertz CT molecular complexity index is 220. The summed E-state index contributed by atoms with van der Waals surface area (Å²) >= 11 is 0. The van der Waals surface area contributed by atoms with Gasteiger partial charge >= 0.3 is 0 Å². The van der Waals surface area contributed by atoms with Gasteiger partial charge in [0.15, 0.2) is 0 Å². The molecular weight excluding hydrogens is 152 g/mol. The number of benzene rings is 1. The first kappa shape index (κ1) is 8.87. The van der Waals surface area contributed by atoms with E-state index in [1.807, 2.05) is 24.3 Å². The van der Waals surface area contributed by atoms with Crippen molar-refractivity contribution in [3.8, 4) is 5.75 Å². The molecule has 0 radical (unpaired) electrons. The minimum absolute atomic E-state index is 0.662. The molecule has 0 atom stereocenters. The van der Waals surface area contributed by atoms with Crippen LogP contribution in [0.4, 0.5) is 5.69 Å². The average molecular weight is 166 g/mol. The standard InChI is InChI=1S/C9H14N2O/c10-6-1-7-12-9-4-2-8(11)3-5-9/h2-5H,1,6-7,10-11H2. The zero-order chi connectivity index (χ0) is 8.81. The molecule has 1 aromatic carbocycles. The highest BCUT2D eigenvalue weighted by molar-refractivity contribution is 5.41. The molecule has 0 saturated carbocycles. The van der Waals surface area contributed by atoms with Crippen molar-refractivity contribution in [1.29, 1.82) is 0 Å². The van der Waals surface area contributed by atoms with Gasteiger partial charge in [0.1, 0.15) is 5.75 Å². The molecule has 0 heterocycles. The third kappa shape index (κ3) is 2.80. The molecule has 0 aromatic heterocycles. The van der Waals surface area contributed by atoms with E-state index in [1.54, 1.807) is 0 Å². The van der Waals surface area contributed by atoms with Gasteiger partial charge in [0.05, 0.1) is 6.61 Å². The Kier molecular flexibility index (Phi) is 3.41. The first-order valence-corrected chi connectivity index (χ1v) is 4.01. The van der Waals surface area contributed by atoms with Crippen molar-refractivity contribution >= 4 is 5.69 Å².